The van der Waals surface area contributed by atoms with E-state index >= 15 is 0 Å². The largest absolute Gasteiger partial charge is 0.416 e. The fourth-order valence-electron chi connectivity index (χ4n) is 6.50. The first-order valence-corrected chi connectivity index (χ1v) is 13.4. The molecule has 2 aliphatic rings. The zero-order valence-corrected chi connectivity index (χ0v) is 22.3. The Morgan fingerprint density at radius 3 is 2.02 bits per heavy atom. The van der Waals surface area contributed by atoms with Gasteiger partial charge in [-0.25, -0.2) is 0 Å². The van der Waals surface area contributed by atoms with Gasteiger partial charge in [0.05, 0.1) is 29.4 Å². The van der Waals surface area contributed by atoms with E-state index in [4.69, 9.17) is 4.74 Å². The highest BCUT2D eigenvalue weighted by Gasteiger charge is 2.60. The molecular weight excluding hydrogens is 546 g/mol. The molecule has 0 saturated carbocycles. The number of carbonyl (C=O) groups excluding carboxylic acids is 1. The van der Waals surface area contributed by atoms with Crippen molar-refractivity contribution in [3.63, 3.8) is 0 Å². The quantitative estimate of drug-likeness (QED) is 0.306. The maximum Gasteiger partial charge on any atom is 0.416 e. The average molecular weight is 577 g/mol. The smallest absolute Gasteiger partial charge is 0.371 e. The lowest BCUT2D eigenvalue weighted by atomic mass is 9.78. The Balaban J connectivity index is 1.54. The molecule has 1 amide bonds. The Kier molecular flexibility index (Phi) is 7.91. The molecule has 10 heteroatoms. The lowest BCUT2D eigenvalue weighted by Gasteiger charge is -2.50. The van der Waals surface area contributed by atoms with E-state index in [9.17, 15) is 31.1 Å². The molecule has 2 fully saturated rings. The van der Waals surface area contributed by atoms with E-state index < -0.39 is 41.7 Å². The molecular formula is C31H30F6N2O2. The van der Waals surface area contributed by atoms with Gasteiger partial charge in [-0.1, -0.05) is 60.7 Å². The van der Waals surface area contributed by atoms with Crippen LogP contribution in [0.15, 0.2) is 78.9 Å². The maximum absolute atomic E-state index is 13.5. The molecule has 4 atom stereocenters. The molecule has 2 bridgehead atoms. The van der Waals surface area contributed by atoms with Gasteiger partial charge < -0.3 is 10.1 Å². The molecule has 2 saturated heterocycles. The summed E-state index contributed by atoms with van der Waals surface area (Å²) in [4.78, 5) is 14.5. The van der Waals surface area contributed by atoms with Crippen molar-refractivity contribution >= 4 is 5.91 Å². The minimum absolute atomic E-state index is 0.0375. The number of hydrogen-bond acceptors (Lipinski definition) is 3. The van der Waals surface area contributed by atoms with Crippen molar-refractivity contribution in [1.29, 1.82) is 0 Å². The van der Waals surface area contributed by atoms with Crippen molar-refractivity contribution in [3.05, 3.63) is 107 Å². The molecule has 1 N–H and O–H groups in total. The Labute approximate surface area is 234 Å². The first-order chi connectivity index (χ1) is 19.4. The molecule has 3 aromatic carbocycles. The molecule has 0 aromatic heterocycles. The SMILES string of the molecule is CC(=O)NC1CC2(c3ccccc3)C(OCc3cc(C(F)(F)F)cc(C(F)(F)F)c3)CCC1N2Cc1ccccc1. The third-order valence-electron chi connectivity index (χ3n) is 8.12. The zero-order chi connectivity index (χ0) is 29.4. The summed E-state index contributed by atoms with van der Waals surface area (Å²) in [6.07, 6.45) is -8.81. The molecule has 218 valence electrons. The van der Waals surface area contributed by atoms with Gasteiger partial charge in [0.1, 0.15) is 0 Å². The van der Waals surface area contributed by atoms with Gasteiger partial charge in [0, 0.05) is 25.6 Å². The molecule has 4 unspecified atom stereocenters. The first kappa shape index (κ1) is 29.1. The van der Waals surface area contributed by atoms with E-state index in [1.165, 1.54) is 6.92 Å². The van der Waals surface area contributed by atoms with Gasteiger partial charge in [-0.3, -0.25) is 9.69 Å². The van der Waals surface area contributed by atoms with E-state index in [2.05, 4.69) is 10.2 Å². The fraction of sp³-hybridized carbons (Fsp3) is 0.387. The summed E-state index contributed by atoms with van der Waals surface area (Å²) < 4.78 is 87.3. The zero-order valence-electron chi connectivity index (χ0n) is 22.3. The van der Waals surface area contributed by atoms with Gasteiger partial charge >= 0.3 is 12.4 Å². The second-order valence-electron chi connectivity index (χ2n) is 10.8. The standard InChI is InChI=1S/C31H30F6N2O2/c1-20(40)38-26-17-29(23-10-6-3-7-11-23)28(13-12-27(26)39(29)18-21-8-4-2-5-9-21)41-19-22-14-24(30(32,33)34)16-25(15-22)31(35,36)37/h2-11,14-16,26-28H,12-13,17-19H2,1H3,(H,38,40). The van der Waals surface area contributed by atoms with Crippen LogP contribution in [0, 0.1) is 0 Å². The number of benzene rings is 3. The number of alkyl halides is 6. The van der Waals surface area contributed by atoms with E-state index in [1.54, 1.807) is 0 Å². The number of ether oxygens (including phenoxy) is 1. The van der Waals surface area contributed by atoms with Crippen molar-refractivity contribution in [3.8, 4) is 0 Å². The van der Waals surface area contributed by atoms with Gasteiger partial charge in [-0.15, -0.1) is 0 Å². The number of nitrogens with zero attached hydrogens (tertiary/aromatic N) is 1. The summed E-state index contributed by atoms with van der Waals surface area (Å²) in [5.41, 5.74) is -1.77. The second kappa shape index (κ2) is 11.1. The van der Waals surface area contributed by atoms with Crippen LogP contribution in [0.5, 0.6) is 0 Å². The summed E-state index contributed by atoms with van der Waals surface area (Å²) in [6.45, 7) is 1.55. The number of nitrogens with one attached hydrogen (secondary N) is 1. The van der Waals surface area contributed by atoms with Crippen LogP contribution >= 0.6 is 0 Å². The lowest BCUT2D eigenvalue weighted by molar-refractivity contribution is -0.143. The molecule has 0 spiro atoms. The molecule has 4 nitrogen and oxygen atoms in total. The van der Waals surface area contributed by atoms with E-state index in [0.29, 0.717) is 37.9 Å². The molecule has 2 aliphatic heterocycles. The van der Waals surface area contributed by atoms with Crippen molar-refractivity contribution in [1.82, 2.24) is 10.2 Å². The van der Waals surface area contributed by atoms with Crippen molar-refractivity contribution < 1.29 is 35.9 Å². The number of amides is 1. The highest BCUT2D eigenvalue weighted by Crippen LogP contribution is 2.53. The number of halogens is 6. The Hall–Kier alpha value is -3.37. The van der Waals surface area contributed by atoms with Gasteiger partial charge in [0.2, 0.25) is 5.91 Å². The Morgan fingerprint density at radius 2 is 1.46 bits per heavy atom. The van der Waals surface area contributed by atoms with Crippen LogP contribution in [-0.2, 0) is 40.6 Å². The first-order valence-electron chi connectivity index (χ1n) is 13.4. The molecule has 0 radical (unpaired) electrons. The summed E-state index contributed by atoms with van der Waals surface area (Å²) >= 11 is 0. The summed E-state index contributed by atoms with van der Waals surface area (Å²) in [5.74, 6) is -0.175. The second-order valence-corrected chi connectivity index (χ2v) is 10.8. The highest BCUT2D eigenvalue weighted by molar-refractivity contribution is 5.73. The normalized spacial score (nSPS) is 24.8. The predicted octanol–water partition coefficient (Wildman–Crippen LogP) is 7.08. The maximum atomic E-state index is 13.5. The fourth-order valence-corrected chi connectivity index (χ4v) is 6.50. The van der Waals surface area contributed by atoms with Crippen LogP contribution in [-0.4, -0.2) is 29.0 Å². The van der Waals surface area contributed by atoms with Gasteiger partial charge in [0.25, 0.3) is 0 Å². The van der Waals surface area contributed by atoms with E-state index in [0.717, 1.165) is 11.1 Å². The van der Waals surface area contributed by atoms with Crippen LogP contribution in [0.25, 0.3) is 0 Å². The highest BCUT2D eigenvalue weighted by atomic mass is 19.4. The van der Waals surface area contributed by atoms with Crippen LogP contribution < -0.4 is 5.32 Å². The number of rotatable bonds is 7. The van der Waals surface area contributed by atoms with Crippen LogP contribution in [0.2, 0.25) is 0 Å². The van der Waals surface area contributed by atoms with Crippen LogP contribution in [0.3, 0.4) is 0 Å². The van der Waals surface area contributed by atoms with Crippen LogP contribution in [0.1, 0.15) is 54.0 Å². The monoisotopic (exact) mass is 576 g/mol. The summed E-state index contributed by atoms with van der Waals surface area (Å²) in [7, 11) is 0. The minimum Gasteiger partial charge on any atom is -0.371 e. The number of carbonyl (C=O) groups is 1. The number of piperidine rings is 1. The Morgan fingerprint density at radius 1 is 0.878 bits per heavy atom. The number of hydrogen-bond donors (Lipinski definition) is 1. The van der Waals surface area contributed by atoms with Crippen LogP contribution in [0.4, 0.5) is 26.3 Å². The van der Waals surface area contributed by atoms with Crippen molar-refractivity contribution in [2.24, 2.45) is 0 Å². The summed E-state index contributed by atoms with van der Waals surface area (Å²) in [5, 5.41) is 3.08. The molecule has 41 heavy (non-hydrogen) atoms. The van der Waals surface area contributed by atoms with Gasteiger partial charge in [0.15, 0.2) is 0 Å². The minimum atomic E-state index is -4.94. The van der Waals surface area contributed by atoms with E-state index in [1.807, 2.05) is 60.7 Å². The Bertz CT molecular complexity index is 1330. The third kappa shape index (κ3) is 5.99. The summed E-state index contributed by atoms with van der Waals surface area (Å²) in [6, 6.07) is 20.6. The van der Waals surface area contributed by atoms with Gasteiger partial charge in [-0.05, 0) is 54.2 Å². The van der Waals surface area contributed by atoms with E-state index in [-0.39, 0.29) is 29.6 Å². The average Bonchev–Trinajstić information content (AvgIpc) is 3.11. The third-order valence-corrected chi connectivity index (χ3v) is 8.12. The molecule has 3 aromatic rings. The molecule has 5 rings (SSSR count). The topological polar surface area (TPSA) is 41.6 Å². The molecule has 0 aliphatic carbocycles. The number of fused-ring (bicyclic) bond motifs is 2. The predicted molar refractivity (Wildman–Crippen MR) is 140 cm³/mol. The lowest BCUT2D eigenvalue weighted by Crippen LogP contribution is -2.57. The van der Waals surface area contributed by atoms with Crippen molar-refractivity contribution in [2.45, 2.75) is 75.4 Å². The van der Waals surface area contributed by atoms with Gasteiger partial charge in [-0.2, -0.15) is 26.3 Å². The molecule has 2 heterocycles. The van der Waals surface area contributed by atoms with Crippen molar-refractivity contribution in [2.75, 3.05) is 0 Å².